The van der Waals surface area contributed by atoms with Gasteiger partial charge in [0.2, 0.25) is 0 Å². The summed E-state index contributed by atoms with van der Waals surface area (Å²) in [6.45, 7) is 10.4. The van der Waals surface area contributed by atoms with Gasteiger partial charge in [-0.2, -0.15) is 0 Å². The highest BCUT2D eigenvalue weighted by atomic mass is 16.5. The Morgan fingerprint density at radius 2 is 1.89 bits per heavy atom. The number of benzene rings is 2. The number of nitrogens with zero attached hydrogens (tertiary/aromatic N) is 1. The Morgan fingerprint density at radius 1 is 1.14 bits per heavy atom. The third kappa shape index (κ3) is 4.53. The average molecular weight is 380 g/mol. The summed E-state index contributed by atoms with van der Waals surface area (Å²) in [5.74, 6) is 1.90. The lowest BCUT2D eigenvalue weighted by Gasteiger charge is -2.21. The second-order valence-electron chi connectivity index (χ2n) is 7.91. The van der Waals surface area contributed by atoms with Gasteiger partial charge in [-0.15, -0.1) is 0 Å². The van der Waals surface area contributed by atoms with Crippen LogP contribution in [0.15, 0.2) is 42.5 Å². The molecule has 0 aliphatic rings. The molecule has 0 aliphatic carbocycles. The summed E-state index contributed by atoms with van der Waals surface area (Å²) in [5.41, 5.74) is 4.09. The van der Waals surface area contributed by atoms with Gasteiger partial charge in [-0.25, -0.2) is 4.98 Å². The van der Waals surface area contributed by atoms with Crippen molar-refractivity contribution in [2.24, 2.45) is 5.92 Å². The number of aryl methyl sites for hydroxylation is 1. The van der Waals surface area contributed by atoms with E-state index in [2.05, 4.69) is 55.1 Å². The van der Waals surface area contributed by atoms with Crippen molar-refractivity contribution in [2.45, 2.75) is 46.6 Å². The van der Waals surface area contributed by atoms with Crippen LogP contribution in [0.25, 0.3) is 11.0 Å². The predicted molar refractivity (Wildman–Crippen MR) is 113 cm³/mol. The predicted octanol–water partition coefficient (Wildman–Crippen LogP) is 4.89. The fourth-order valence-corrected chi connectivity index (χ4v) is 3.27. The highest BCUT2D eigenvalue weighted by Gasteiger charge is 2.22. The first kappa shape index (κ1) is 19.9. The maximum Gasteiger partial charge on any atom is 0.258 e. The molecule has 2 aromatic carbocycles. The molecule has 3 aromatic rings. The monoisotopic (exact) mass is 379 g/mol. The molecule has 1 atom stereocenters. The first-order valence-corrected chi connectivity index (χ1v) is 9.82. The smallest absolute Gasteiger partial charge is 0.258 e. The summed E-state index contributed by atoms with van der Waals surface area (Å²) in [6, 6.07) is 13.8. The first-order chi connectivity index (χ1) is 13.3. The Morgan fingerprint density at radius 3 is 2.57 bits per heavy atom. The molecule has 0 saturated carbocycles. The minimum Gasteiger partial charge on any atom is -0.483 e. The van der Waals surface area contributed by atoms with Gasteiger partial charge in [0.15, 0.2) is 6.61 Å². The number of fused-ring (bicyclic) bond motifs is 1. The number of ether oxygens (including phenoxy) is 1. The van der Waals surface area contributed by atoms with Gasteiger partial charge >= 0.3 is 0 Å². The van der Waals surface area contributed by atoms with Gasteiger partial charge < -0.3 is 15.0 Å². The molecule has 0 saturated heterocycles. The SMILES string of the molecule is Cc1ccc(C(C)C)c(OCC(=O)NC(c2nc3ccccc3[nH]2)C(C)C)c1. The topological polar surface area (TPSA) is 67.0 Å². The quantitative estimate of drug-likeness (QED) is 0.614. The largest absolute Gasteiger partial charge is 0.483 e. The van der Waals surface area contributed by atoms with E-state index >= 15 is 0 Å². The highest BCUT2D eigenvalue weighted by molar-refractivity contribution is 5.78. The number of imidazole rings is 1. The van der Waals surface area contributed by atoms with Crippen molar-refractivity contribution in [3.63, 3.8) is 0 Å². The van der Waals surface area contributed by atoms with Gasteiger partial charge in [0, 0.05) is 0 Å². The van der Waals surface area contributed by atoms with E-state index in [4.69, 9.17) is 4.74 Å². The zero-order valence-electron chi connectivity index (χ0n) is 17.2. The van der Waals surface area contributed by atoms with Gasteiger partial charge in [0.1, 0.15) is 11.6 Å². The van der Waals surface area contributed by atoms with Crippen molar-refractivity contribution in [1.29, 1.82) is 0 Å². The number of H-pyrrole nitrogens is 1. The number of carbonyl (C=O) groups is 1. The van der Waals surface area contributed by atoms with Crippen LogP contribution in [0.3, 0.4) is 0 Å². The molecule has 5 nitrogen and oxygen atoms in total. The van der Waals surface area contributed by atoms with E-state index in [1.165, 1.54) is 0 Å². The molecule has 3 rings (SSSR count). The molecule has 1 heterocycles. The standard InChI is InChI=1S/C23H29N3O2/c1-14(2)17-11-10-16(5)12-20(17)28-13-21(27)26-22(15(3)4)23-24-18-8-6-7-9-19(18)25-23/h6-12,14-15,22H,13H2,1-5H3,(H,24,25)(H,26,27). The summed E-state index contributed by atoms with van der Waals surface area (Å²) in [4.78, 5) is 20.6. The highest BCUT2D eigenvalue weighted by Crippen LogP contribution is 2.27. The molecule has 0 aliphatic heterocycles. The lowest BCUT2D eigenvalue weighted by Crippen LogP contribution is -2.35. The number of rotatable bonds is 7. The first-order valence-electron chi connectivity index (χ1n) is 9.82. The molecule has 28 heavy (non-hydrogen) atoms. The van der Waals surface area contributed by atoms with Crippen LogP contribution >= 0.6 is 0 Å². The van der Waals surface area contributed by atoms with Crippen LogP contribution in [0.4, 0.5) is 0 Å². The van der Waals surface area contributed by atoms with Crippen LogP contribution in [0.1, 0.15) is 56.6 Å². The molecule has 1 unspecified atom stereocenters. The van der Waals surface area contributed by atoms with E-state index in [-0.39, 0.29) is 24.5 Å². The van der Waals surface area contributed by atoms with Crippen molar-refractivity contribution in [1.82, 2.24) is 15.3 Å². The third-order valence-corrected chi connectivity index (χ3v) is 4.84. The van der Waals surface area contributed by atoms with Crippen LogP contribution in [-0.4, -0.2) is 22.5 Å². The number of aromatic amines is 1. The van der Waals surface area contributed by atoms with Crippen LogP contribution in [0.5, 0.6) is 5.75 Å². The summed E-state index contributed by atoms with van der Waals surface area (Å²) in [6.07, 6.45) is 0. The zero-order valence-corrected chi connectivity index (χ0v) is 17.2. The van der Waals surface area contributed by atoms with Crippen molar-refractivity contribution in [2.75, 3.05) is 6.61 Å². The maximum atomic E-state index is 12.6. The maximum absolute atomic E-state index is 12.6. The fourth-order valence-electron chi connectivity index (χ4n) is 3.27. The molecule has 148 valence electrons. The second kappa shape index (κ2) is 8.46. The molecule has 2 N–H and O–H groups in total. The number of amides is 1. The molecule has 1 aromatic heterocycles. The fraction of sp³-hybridized carbons (Fsp3) is 0.391. The van der Waals surface area contributed by atoms with Crippen molar-refractivity contribution < 1.29 is 9.53 Å². The number of aromatic nitrogens is 2. The summed E-state index contributed by atoms with van der Waals surface area (Å²) >= 11 is 0. The second-order valence-corrected chi connectivity index (χ2v) is 7.91. The van der Waals surface area contributed by atoms with E-state index in [1.807, 2.05) is 37.3 Å². The van der Waals surface area contributed by atoms with Gasteiger partial charge in [-0.05, 0) is 48.1 Å². The van der Waals surface area contributed by atoms with E-state index in [0.29, 0.717) is 5.92 Å². The van der Waals surface area contributed by atoms with Gasteiger partial charge in [0.25, 0.3) is 5.91 Å². The molecule has 0 fully saturated rings. The molecule has 1 amide bonds. The van der Waals surface area contributed by atoms with Crippen LogP contribution in [0, 0.1) is 12.8 Å². The van der Waals surface area contributed by atoms with E-state index in [1.54, 1.807) is 0 Å². The number of hydrogen-bond donors (Lipinski definition) is 2. The zero-order chi connectivity index (χ0) is 20.3. The molecule has 0 bridgehead atoms. The molecular formula is C23H29N3O2. The van der Waals surface area contributed by atoms with E-state index in [9.17, 15) is 4.79 Å². The summed E-state index contributed by atoms with van der Waals surface area (Å²) < 4.78 is 5.87. The Labute approximate surface area is 166 Å². The molecule has 5 heteroatoms. The van der Waals surface area contributed by atoms with Gasteiger partial charge in [-0.3, -0.25) is 4.79 Å². The van der Waals surface area contributed by atoms with Crippen molar-refractivity contribution in [3.05, 3.63) is 59.4 Å². The lowest BCUT2D eigenvalue weighted by molar-refractivity contribution is -0.124. The van der Waals surface area contributed by atoms with Gasteiger partial charge in [0.05, 0.1) is 17.1 Å². The third-order valence-electron chi connectivity index (χ3n) is 4.84. The molecular weight excluding hydrogens is 350 g/mol. The minimum atomic E-state index is -0.203. The molecule has 0 spiro atoms. The van der Waals surface area contributed by atoms with Gasteiger partial charge in [-0.1, -0.05) is 52.0 Å². The van der Waals surface area contributed by atoms with Crippen molar-refractivity contribution in [3.8, 4) is 5.75 Å². The molecule has 0 radical (unpaired) electrons. The van der Waals surface area contributed by atoms with Crippen LogP contribution < -0.4 is 10.1 Å². The number of nitrogens with one attached hydrogen (secondary N) is 2. The van der Waals surface area contributed by atoms with E-state index < -0.39 is 0 Å². The Hall–Kier alpha value is -2.82. The Bertz CT molecular complexity index is 926. The summed E-state index contributed by atoms with van der Waals surface area (Å²) in [7, 11) is 0. The normalized spacial score (nSPS) is 12.5. The lowest BCUT2D eigenvalue weighted by atomic mass is 10.0. The minimum absolute atomic E-state index is 0.0212. The number of carbonyl (C=O) groups excluding carboxylic acids is 1. The van der Waals surface area contributed by atoms with Crippen molar-refractivity contribution >= 4 is 16.9 Å². The summed E-state index contributed by atoms with van der Waals surface area (Å²) in [5, 5.41) is 3.07. The van der Waals surface area contributed by atoms with Crippen LogP contribution in [0.2, 0.25) is 0 Å². The van der Waals surface area contributed by atoms with Crippen LogP contribution in [-0.2, 0) is 4.79 Å². The Balaban J connectivity index is 1.71. The average Bonchev–Trinajstić information content (AvgIpc) is 3.07. The van der Waals surface area contributed by atoms with E-state index in [0.717, 1.165) is 33.7 Å². The number of para-hydroxylation sites is 2. The number of hydrogen-bond acceptors (Lipinski definition) is 3. The Kier molecular flexibility index (Phi) is 6.02.